The molecule has 43 heavy (non-hydrogen) atoms. The number of nitrogens with zero attached hydrogens (tertiary/aromatic N) is 5. The predicted molar refractivity (Wildman–Crippen MR) is 157 cm³/mol. The van der Waals surface area contributed by atoms with E-state index in [1.54, 1.807) is 48.4 Å². The molecule has 216 valence electrons. The summed E-state index contributed by atoms with van der Waals surface area (Å²) < 4.78 is 38.5. The standard InChI is InChI=1S/C31H23F2N5O4S/c1-18(2)36-16-23(30(40)38(31(36)41)22-6-4-21(32)5-7-22)26(39)12-19-3-8-27(24(33)11-19)42-28-13-20(29-14-34-17-43-29)15-37-25(28)9-10-35-37/h3-11,13-18H,12H2,1-2H3. The fourth-order valence-corrected chi connectivity index (χ4v) is 5.26. The first-order chi connectivity index (χ1) is 20.7. The van der Waals surface area contributed by atoms with E-state index in [-0.39, 0.29) is 29.5 Å². The number of ether oxygens (including phenoxy) is 1. The molecule has 0 bridgehead atoms. The molecule has 0 aliphatic rings. The number of pyridine rings is 1. The van der Waals surface area contributed by atoms with Gasteiger partial charge in [-0.15, -0.1) is 11.3 Å². The molecule has 0 aliphatic carbocycles. The molecule has 2 aromatic carbocycles. The molecule has 0 saturated carbocycles. The Hall–Kier alpha value is -5.23. The first-order valence-corrected chi connectivity index (χ1v) is 14.1. The van der Waals surface area contributed by atoms with Crippen LogP contribution in [0.25, 0.3) is 21.6 Å². The van der Waals surface area contributed by atoms with Gasteiger partial charge >= 0.3 is 5.69 Å². The Morgan fingerprint density at radius 2 is 1.79 bits per heavy atom. The monoisotopic (exact) mass is 599 g/mol. The SMILES string of the molecule is CC(C)n1cc(C(=O)Cc2ccc(Oc3cc(-c4cncs4)cn4nccc34)c(F)c2)c(=O)n(-c2ccc(F)cc2)c1=O. The zero-order valence-corrected chi connectivity index (χ0v) is 23.7. The number of carbonyl (C=O) groups excluding carboxylic acids is 1. The van der Waals surface area contributed by atoms with E-state index < -0.39 is 28.7 Å². The van der Waals surface area contributed by atoms with Crippen molar-refractivity contribution in [3.8, 4) is 27.6 Å². The van der Waals surface area contributed by atoms with Crippen molar-refractivity contribution in [3.63, 3.8) is 0 Å². The number of halogens is 2. The average molecular weight is 600 g/mol. The summed E-state index contributed by atoms with van der Waals surface area (Å²) in [6.07, 6.45) is 6.06. The lowest BCUT2D eigenvalue weighted by molar-refractivity contribution is 0.0990. The van der Waals surface area contributed by atoms with Gasteiger partial charge in [0.15, 0.2) is 23.1 Å². The molecule has 0 N–H and O–H groups in total. The average Bonchev–Trinajstić information content (AvgIpc) is 3.68. The molecule has 6 rings (SSSR count). The highest BCUT2D eigenvalue weighted by Crippen LogP contribution is 2.34. The van der Waals surface area contributed by atoms with E-state index in [9.17, 15) is 18.8 Å². The van der Waals surface area contributed by atoms with Crippen LogP contribution in [-0.2, 0) is 6.42 Å². The van der Waals surface area contributed by atoms with Crippen molar-refractivity contribution >= 4 is 22.6 Å². The zero-order chi connectivity index (χ0) is 30.2. The van der Waals surface area contributed by atoms with Gasteiger partial charge in [0.25, 0.3) is 5.56 Å². The number of carbonyl (C=O) groups is 1. The minimum absolute atomic E-state index is 0.0622. The van der Waals surface area contributed by atoms with Crippen LogP contribution in [0.4, 0.5) is 8.78 Å². The van der Waals surface area contributed by atoms with E-state index in [0.717, 1.165) is 27.1 Å². The van der Waals surface area contributed by atoms with Gasteiger partial charge in [0.1, 0.15) is 16.9 Å². The Bertz CT molecular complexity index is 2100. The predicted octanol–water partition coefficient (Wildman–Crippen LogP) is 5.85. The van der Waals surface area contributed by atoms with E-state index in [1.165, 1.54) is 52.4 Å². The maximum absolute atomic E-state index is 15.3. The van der Waals surface area contributed by atoms with Gasteiger partial charge in [0, 0.05) is 36.6 Å². The van der Waals surface area contributed by atoms with E-state index in [4.69, 9.17) is 4.74 Å². The fraction of sp³-hybridized carbons (Fsp3) is 0.129. The van der Waals surface area contributed by atoms with Gasteiger partial charge in [-0.25, -0.2) is 22.7 Å². The summed E-state index contributed by atoms with van der Waals surface area (Å²) in [5.41, 5.74) is 1.80. The molecular weight excluding hydrogens is 576 g/mol. The molecule has 0 amide bonds. The Kier molecular flexibility index (Phi) is 7.28. The summed E-state index contributed by atoms with van der Waals surface area (Å²) in [6, 6.07) is 12.1. The van der Waals surface area contributed by atoms with Crippen molar-refractivity contribution in [1.29, 1.82) is 0 Å². The van der Waals surface area contributed by atoms with Crippen LogP contribution in [0.3, 0.4) is 0 Å². The minimum atomic E-state index is -0.843. The number of thiazole rings is 1. The van der Waals surface area contributed by atoms with Crippen molar-refractivity contribution in [2.45, 2.75) is 26.3 Å². The number of hydrogen-bond acceptors (Lipinski definition) is 7. The number of hydrogen-bond donors (Lipinski definition) is 0. The highest BCUT2D eigenvalue weighted by Gasteiger charge is 2.21. The number of benzene rings is 2. The van der Waals surface area contributed by atoms with Gasteiger partial charge in [-0.2, -0.15) is 5.10 Å². The molecule has 4 aromatic heterocycles. The second-order valence-corrected chi connectivity index (χ2v) is 10.9. The van der Waals surface area contributed by atoms with Crippen LogP contribution in [0.1, 0.15) is 35.8 Å². The van der Waals surface area contributed by atoms with E-state index in [0.29, 0.717) is 16.8 Å². The number of ketones is 1. The molecule has 0 spiro atoms. The molecule has 4 heterocycles. The summed E-state index contributed by atoms with van der Waals surface area (Å²) in [7, 11) is 0. The van der Waals surface area contributed by atoms with Crippen LogP contribution < -0.4 is 16.0 Å². The number of aromatic nitrogens is 5. The van der Waals surface area contributed by atoms with Crippen LogP contribution in [0.15, 0.2) is 94.5 Å². The molecule has 12 heteroatoms. The summed E-state index contributed by atoms with van der Waals surface area (Å²) in [4.78, 5) is 44.8. The van der Waals surface area contributed by atoms with E-state index >= 15 is 4.39 Å². The number of rotatable bonds is 8. The molecule has 0 aliphatic heterocycles. The van der Waals surface area contributed by atoms with Gasteiger partial charge in [-0.05, 0) is 67.9 Å². The lowest BCUT2D eigenvalue weighted by Gasteiger charge is -2.15. The highest BCUT2D eigenvalue weighted by molar-refractivity contribution is 7.13. The summed E-state index contributed by atoms with van der Waals surface area (Å²) in [5, 5.41) is 4.27. The first-order valence-electron chi connectivity index (χ1n) is 13.2. The smallest absolute Gasteiger partial charge is 0.335 e. The van der Waals surface area contributed by atoms with Crippen LogP contribution in [-0.4, -0.2) is 29.5 Å². The summed E-state index contributed by atoms with van der Waals surface area (Å²) in [6.45, 7) is 3.46. The van der Waals surface area contributed by atoms with Crippen molar-refractivity contribution in [3.05, 3.63) is 128 Å². The summed E-state index contributed by atoms with van der Waals surface area (Å²) >= 11 is 1.44. The van der Waals surface area contributed by atoms with Gasteiger partial charge in [-0.3, -0.25) is 19.1 Å². The van der Waals surface area contributed by atoms with Gasteiger partial charge < -0.3 is 4.74 Å². The second kappa shape index (κ2) is 11.2. The molecule has 0 saturated heterocycles. The van der Waals surface area contributed by atoms with E-state index in [1.807, 2.05) is 6.20 Å². The molecule has 0 fully saturated rings. The Labute approximate surface area is 246 Å². The van der Waals surface area contributed by atoms with Gasteiger partial charge in [-0.1, -0.05) is 6.07 Å². The molecule has 0 radical (unpaired) electrons. The van der Waals surface area contributed by atoms with Crippen LogP contribution in [0.5, 0.6) is 11.5 Å². The second-order valence-electron chi connectivity index (χ2n) is 10.0. The molecule has 0 atom stereocenters. The van der Waals surface area contributed by atoms with Gasteiger partial charge in [0.05, 0.1) is 22.3 Å². The number of fused-ring (bicyclic) bond motifs is 1. The van der Waals surface area contributed by atoms with E-state index in [2.05, 4.69) is 10.1 Å². The highest BCUT2D eigenvalue weighted by atomic mass is 32.1. The molecule has 6 aromatic rings. The van der Waals surface area contributed by atoms with Crippen molar-refractivity contribution in [2.24, 2.45) is 0 Å². The Balaban J connectivity index is 1.30. The lowest BCUT2D eigenvalue weighted by Crippen LogP contribution is -2.42. The lowest BCUT2D eigenvalue weighted by atomic mass is 10.0. The van der Waals surface area contributed by atoms with Crippen LogP contribution >= 0.6 is 11.3 Å². The maximum Gasteiger partial charge on any atom is 0.335 e. The largest absolute Gasteiger partial charge is 0.452 e. The van der Waals surface area contributed by atoms with Crippen molar-refractivity contribution in [1.82, 2.24) is 23.7 Å². The van der Waals surface area contributed by atoms with Crippen molar-refractivity contribution < 1.29 is 18.3 Å². The maximum atomic E-state index is 15.3. The van der Waals surface area contributed by atoms with Crippen LogP contribution in [0.2, 0.25) is 0 Å². The third-order valence-corrected chi connectivity index (χ3v) is 7.65. The normalized spacial score (nSPS) is 11.4. The quantitative estimate of drug-likeness (QED) is 0.204. The summed E-state index contributed by atoms with van der Waals surface area (Å²) in [5.74, 6) is -1.54. The van der Waals surface area contributed by atoms with Gasteiger partial charge in [0.2, 0.25) is 0 Å². The topological polar surface area (TPSA) is 100 Å². The van der Waals surface area contributed by atoms with Crippen LogP contribution in [0, 0.1) is 11.6 Å². The zero-order valence-electron chi connectivity index (χ0n) is 22.9. The number of Topliss-reactive ketones (excluding diaryl/α,β-unsaturated/α-hetero) is 1. The third-order valence-electron chi connectivity index (χ3n) is 6.82. The van der Waals surface area contributed by atoms with Crippen molar-refractivity contribution in [2.75, 3.05) is 0 Å². The Morgan fingerprint density at radius 1 is 1.00 bits per heavy atom. The molecule has 9 nitrogen and oxygen atoms in total. The first kappa shape index (κ1) is 27.9. The fourth-order valence-electron chi connectivity index (χ4n) is 4.66. The molecular formula is C31H23F2N5O4S. The molecule has 0 unspecified atom stereocenters. The Morgan fingerprint density at radius 3 is 2.49 bits per heavy atom. The third kappa shape index (κ3) is 5.40. The minimum Gasteiger partial charge on any atom is -0.452 e.